The van der Waals surface area contributed by atoms with Crippen molar-refractivity contribution in [1.82, 2.24) is 10.2 Å². The van der Waals surface area contributed by atoms with Crippen LogP contribution in [0.2, 0.25) is 0 Å². The van der Waals surface area contributed by atoms with Crippen molar-refractivity contribution in [1.29, 1.82) is 0 Å². The number of amides is 2. The Bertz CT molecular complexity index is 1080. The molecule has 2 aliphatic carbocycles. The van der Waals surface area contributed by atoms with E-state index < -0.39 is 0 Å². The van der Waals surface area contributed by atoms with Crippen LogP contribution in [-0.2, 0) is 16.1 Å². The first kappa shape index (κ1) is 25.1. The zero-order valence-corrected chi connectivity index (χ0v) is 21.5. The number of benzene rings is 2. The lowest BCUT2D eigenvalue weighted by Gasteiger charge is -2.46. The number of nitrogens with zero attached hydrogens (tertiary/aromatic N) is 1. The van der Waals surface area contributed by atoms with Crippen LogP contribution in [0.3, 0.4) is 0 Å². The molecule has 1 heterocycles. The van der Waals surface area contributed by atoms with Gasteiger partial charge in [0.1, 0.15) is 5.82 Å². The molecule has 2 saturated carbocycles. The van der Waals surface area contributed by atoms with Crippen molar-refractivity contribution in [3.8, 4) is 0 Å². The van der Waals surface area contributed by atoms with Crippen molar-refractivity contribution in [3.05, 3.63) is 76.4 Å². The van der Waals surface area contributed by atoms with Crippen LogP contribution in [0, 0.1) is 11.7 Å². The molecule has 3 unspecified atom stereocenters. The summed E-state index contributed by atoms with van der Waals surface area (Å²) in [5.41, 5.74) is 1.91. The fourth-order valence-corrected chi connectivity index (χ4v) is 7.26. The third kappa shape index (κ3) is 6.03. The third-order valence-electron chi connectivity index (χ3n) is 7.84. The van der Waals surface area contributed by atoms with E-state index in [4.69, 9.17) is 0 Å². The van der Waals surface area contributed by atoms with E-state index in [1.54, 1.807) is 23.9 Å². The Balaban J connectivity index is 1.35. The number of hydrogen-bond donors (Lipinski definition) is 1. The van der Waals surface area contributed by atoms with Gasteiger partial charge in [0.25, 0.3) is 5.91 Å². The van der Waals surface area contributed by atoms with Gasteiger partial charge >= 0.3 is 0 Å². The maximum atomic E-state index is 13.7. The highest BCUT2D eigenvalue weighted by Gasteiger charge is 2.44. The second-order valence-corrected chi connectivity index (χ2v) is 11.7. The number of rotatable bonds is 5. The molecule has 6 heteroatoms. The number of halogens is 1. The van der Waals surface area contributed by atoms with E-state index in [1.807, 2.05) is 41.3 Å². The maximum absolute atomic E-state index is 13.7. The Morgan fingerprint density at radius 3 is 2.42 bits per heavy atom. The molecular formula is C30H35FN2O2S. The molecule has 3 atom stereocenters. The summed E-state index contributed by atoms with van der Waals surface area (Å²) in [4.78, 5) is 29.7. The number of thioether (sulfide) groups is 1. The average Bonchev–Trinajstić information content (AvgIpc) is 3.16. The van der Waals surface area contributed by atoms with Gasteiger partial charge in [-0.3, -0.25) is 9.59 Å². The average molecular weight is 507 g/mol. The van der Waals surface area contributed by atoms with E-state index in [2.05, 4.69) is 5.32 Å². The van der Waals surface area contributed by atoms with Gasteiger partial charge in [-0.05, 0) is 61.4 Å². The van der Waals surface area contributed by atoms with Crippen molar-refractivity contribution in [2.24, 2.45) is 5.92 Å². The van der Waals surface area contributed by atoms with E-state index >= 15 is 0 Å². The fraction of sp³-hybridized carbons (Fsp3) is 0.467. The van der Waals surface area contributed by atoms with Gasteiger partial charge in [0, 0.05) is 29.8 Å². The first-order valence-corrected chi connectivity index (χ1v) is 14.2. The minimum Gasteiger partial charge on any atom is -0.353 e. The summed E-state index contributed by atoms with van der Waals surface area (Å²) in [5, 5.41) is 3.60. The quantitative estimate of drug-likeness (QED) is 0.381. The fourth-order valence-electron chi connectivity index (χ4n) is 5.84. The molecule has 0 bridgehead atoms. The van der Waals surface area contributed by atoms with Crippen LogP contribution in [-0.4, -0.2) is 34.0 Å². The normalized spacial score (nSPS) is 26.4. The lowest BCUT2D eigenvalue weighted by Crippen LogP contribution is -2.54. The molecule has 1 aliphatic heterocycles. The first-order valence-electron chi connectivity index (χ1n) is 13.4. The summed E-state index contributed by atoms with van der Waals surface area (Å²) in [6.45, 7) is 0.421. The molecule has 0 radical (unpaired) electrons. The highest BCUT2D eigenvalue weighted by molar-refractivity contribution is 8.04. The number of nitrogens with one attached hydrogen (secondary N) is 1. The standard InChI is InChI=1S/C30H35FN2O2S/c31-24-15-12-22(13-16-24)20-33-26-19-23(29(34)32-25-10-6-1-2-7-11-25)14-17-27(26)36-28(30(33)35)18-21-8-4-3-5-9-21/h3-5,8-9,12-13,15-16,18,23,25-27H,1-2,6-7,10-11,14,17,19-20H2,(H,32,34)/b28-18-. The minimum absolute atomic E-state index is 0.000690. The minimum atomic E-state index is -0.283. The van der Waals surface area contributed by atoms with Gasteiger partial charge in [-0.25, -0.2) is 4.39 Å². The van der Waals surface area contributed by atoms with Gasteiger partial charge in [-0.2, -0.15) is 0 Å². The van der Waals surface area contributed by atoms with Gasteiger partial charge in [0.2, 0.25) is 5.91 Å². The van der Waals surface area contributed by atoms with E-state index in [-0.39, 0.29) is 40.9 Å². The van der Waals surface area contributed by atoms with Gasteiger partial charge in [0.15, 0.2) is 0 Å². The SMILES string of the molecule is O=C(NC1CCCCCC1)C1CCC2S/C(=C\c3ccccc3)C(=O)N(Cc3ccc(F)cc3)C2C1. The molecule has 4 nitrogen and oxygen atoms in total. The first-order chi connectivity index (χ1) is 17.6. The van der Waals surface area contributed by atoms with Gasteiger partial charge in [-0.1, -0.05) is 68.1 Å². The molecule has 0 spiro atoms. The molecule has 190 valence electrons. The Kier molecular flexibility index (Phi) is 8.10. The van der Waals surface area contributed by atoms with Crippen molar-refractivity contribution in [2.45, 2.75) is 81.7 Å². The lowest BCUT2D eigenvalue weighted by molar-refractivity contribution is -0.134. The summed E-state index contributed by atoms with van der Waals surface area (Å²) in [7, 11) is 0. The molecule has 2 aromatic rings. The van der Waals surface area contributed by atoms with Crippen LogP contribution in [0.4, 0.5) is 4.39 Å². The Labute approximate surface area is 217 Å². The smallest absolute Gasteiger partial charge is 0.260 e. The molecule has 1 saturated heterocycles. The van der Waals surface area contributed by atoms with E-state index in [0.29, 0.717) is 13.0 Å². The van der Waals surface area contributed by atoms with Crippen molar-refractivity contribution >= 4 is 29.7 Å². The highest BCUT2D eigenvalue weighted by atomic mass is 32.2. The summed E-state index contributed by atoms with van der Waals surface area (Å²) in [5.74, 6) is -0.197. The molecule has 2 amide bonds. The summed E-state index contributed by atoms with van der Waals surface area (Å²) < 4.78 is 13.5. The predicted molar refractivity (Wildman–Crippen MR) is 144 cm³/mol. The zero-order chi connectivity index (χ0) is 24.9. The highest BCUT2D eigenvalue weighted by Crippen LogP contribution is 2.44. The summed E-state index contributed by atoms with van der Waals surface area (Å²) in [6, 6.07) is 16.6. The number of carbonyl (C=O) groups is 2. The van der Waals surface area contributed by atoms with Gasteiger partial charge in [0.05, 0.1) is 4.91 Å². The van der Waals surface area contributed by atoms with Crippen LogP contribution in [0.25, 0.3) is 6.08 Å². The summed E-state index contributed by atoms with van der Waals surface area (Å²) >= 11 is 1.67. The maximum Gasteiger partial charge on any atom is 0.260 e. The molecule has 0 aromatic heterocycles. The molecule has 36 heavy (non-hydrogen) atoms. The largest absolute Gasteiger partial charge is 0.353 e. The Morgan fingerprint density at radius 2 is 1.69 bits per heavy atom. The van der Waals surface area contributed by atoms with Crippen LogP contribution in [0.1, 0.15) is 68.9 Å². The van der Waals surface area contributed by atoms with Crippen molar-refractivity contribution < 1.29 is 14.0 Å². The monoisotopic (exact) mass is 506 g/mol. The molecule has 5 rings (SSSR count). The Morgan fingerprint density at radius 1 is 0.972 bits per heavy atom. The molecule has 2 aromatic carbocycles. The lowest BCUT2D eigenvalue weighted by atomic mass is 9.83. The van der Waals surface area contributed by atoms with Crippen LogP contribution in [0.15, 0.2) is 59.5 Å². The van der Waals surface area contributed by atoms with Crippen molar-refractivity contribution in [2.75, 3.05) is 0 Å². The number of carbonyl (C=O) groups excluding carboxylic acids is 2. The summed E-state index contributed by atoms with van der Waals surface area (Å²) in [6.07, 6.45) is 11.5. The molecular weight excluding hydrogens is 471 g/mol. The molecule has 1 N–H and O–H groups in total. The number of fused-ring (bicyclic) bond motifs is 1. The predicted octanol–water partition coefficient (Wildman–Crippen LogP) is 6.32. The van der Waals surface area contributed by atoms with E-state index in [1.165, 1.54) is 37.8 Å². The number of hydrogen-bond acceptors (Lipinski definition) is 3. The van der Waals surface area contributed by atoms with Gasteiger partial charge in [-0.15, -0.1) is 11.8 Å². The second-order valence-electron chi connectivity index (χ2n) is 10.4. The topological polar surface area (TPSA) is 49.4 Å². The molecule has 3 fully saturated rings. The van der Waals surface area contributed by atoms with Crippen LogP contribution >= 0.6 is 11.8 Å². The van der Waals surface area contributed by atoms with Crippen molar-refractivity contribution in [3.63, 3.8) is 0 Å². The van der Waals surface area contributed by atoms with Crippen LogP contribution in [0.5, 0.6) is 0 Å². The second kappa shape index (κ2) is 11.6. The van der Waals surface area contributed by atoms with Gasteiger partial charge < -0.3 is 10.2 Å². The zero-order valence-electron chi connectivity index (χ0n) is 20.7. The molecule has 3 aliphatic rings. The van der Waals surface area contributed by atoms with Crippen LogP contribution < -0.4 is 5.32 Å². The van der Waals surface area contributed by atoms with E-state index in [9.17, 15) is 14.0 Å². The van der Waals surface area contributed by atoms with E-state index in [0.717, 1.165) is 41.7 Å². The Hall–Kier alpha value is -2.60. The third-order valence-corrected chi connectivity index (χ3v) is 9.24.